The van der Waals surface area contributed by atoms with E-state index in [1.54, 1.807) is 29.1 Å². The van der Waals surface area contributed by atoms with Crippen LogP contribution in [0.25, 0.3) is 6.08 Å². The van der Waals surface area contributed by atoms with Crippen LogP contribution in [0.2, 0.25) is 0 Å². The monoisotopic (exact) mass is 521 g/mol. The Bertz CT molecular complexity index is 1060. The summed E-state index contributed by atoms with van der Waals surface area (Å²) in [6, 6.07) is 7.83. The predicted molar refractivity (Wildman–Crippen MR) is 139 cm³/mol. The van der Waals surface area contributed by atoms with Crippen LogP contribution in [0.5, 0.6) is 0 Å². The number of esters is 1. The summed E-state index contributed by atoms with van der Waals surface area (Å²) in [5.74, 6) is -0.519. The SMILES string of the molecule is CCCCOC(=O)Cn1ccc(/C=C2/CN(C(C(=O)C3CC3)c3ccccc3F)CCC2S)n1.Cl. The first-order valence-electron chi connectivity index (χ1n) is 12.1. The summed E-state index contributed by atoms with van der Waals surface area (Å²) in [4.78, 5) is 27.2. The molecule has 1 saturated carbocycles. The predicted octanol–water partition coefficient (Wildman–Crippen LogP) is 4.90. The minimum atomic E-state index is -0.589. The third kappa shape index (κ3) is 7.18. The summed E-state index contributed by atoms with van der Waals surface area (Å²) in [6.45, 7) is 3.71. The van der Waals surface area contributed by atoms with Crippen molar-refractivity contribution < 1.29 is 18.7 Å². The fraction of sp³-hybridized carbons (Fsp3) is 0.500. The Labute approximate surface area is 217 Å². The van der Waals surface area contributed by atoms with Gasteiger partial charge in [-0.3, -0.25) is 19.2 Å². The van der Waals surface area contributed by atoms with E-state index in [1.807, 2.05) is 19.1 Å². The Hall–Kier alpha value is -2.16. The van der Waals surface area contributed by atoms with E-state index in [1.165, 1.54) is 6.07 Å². The molecule has 0 N–H and O–H groups in total. The third-order valence-electron chi connectivity index (χ3n) is 6.36. The largest absolute Gasteiger partial charge is 0.464 e. The van der Waals surface area contributed by atoms with Crippen molar-refractivity contribution in [2.45, 2.75) is 56.9 Å². The number of rotatable bonds is 10. The normalized spacial score (nSPS) is 20.3. The second-order valence-corrected chi connectivity index (χ2v) is 9.73. The quantitative estimate of drug-likeness (QED) is 0.274. The molecule has 1 aromatic carbocycles. The van der Waals surface area contributed by atoms with E-state index in [2.05, 4.69) is 10.00 Å². The van der Waals surface area contributed by atoms with Gasteiger partial charge in [0.15, 0.2) is 5.78 Å². The number of hydrogen-bond acceptors (Lipinski definition) is 6. The number of carbonyl (C=O) groups excluding carboxylic acids is 2. The first-order chi connectivity index (χ1) is 16.5. The molecule has 2 heterocycles. The minimum absolute atomic E-state index is 0. The standard InChI is InChI=1S/C26H32FN3O3S.ClH/c1-2-3-14-33-24(31)17-30-13-10-20(28-30)15-19-16-29(12-11-23(19)34)25(26(32)18-8-9-18)21-6-4-5-7-22(21)27;/h4-7,10,13,15,18,23,25,34H,2-3,8-9,11-12,14,16-17H2,1H3;1H/b19-15-;. The molecule has 1 aliphatic carbocycles. The van der Waals surface area contributed by atoms with Gasteiger partial charge < -0.3 is 4.74 Å². The highest BCUT2D eigenvalue weighted by Gasteiger charge is 2.40. The molecule has 0 bridgehead atoms. The number of carbonyl (C=O) groups is 2. The van der Waals surface area contributed by atoms with Crippen LogP contribution in [0.15, 0.2) is 42.1 Å². The van der Waals surface area contributed by atoms with E-state index in [-0.39, 0.29) is 47.7 Å². The van der Waals surface area contributed by atoms with E-state index < -0.39 is 6.04 Å². The lowest BCUT2D eigenvalue weighted by atomic mass is 9.93. The number of ether oxygens (including phenoxy) is 1. The van der Waals surface area contributed by atoms with Gasteiger partial charge in [0.05, 0.1) is 18.3 Å². The number of nitrogens with zero attached hydrogens (tertiary/aromatic N) is 3. The molecule has 9 heteroatoms. The number of likely N-dealkylation sites (tertiary alicyclic amines) is 1. The summed E-state index contributed by atoms with van der Waals surface area (Å²) < 4.78 is 21.5. The van der Waals surface area contributed by atoms with Gasteiger partial charge in [-0.2, -0.15) is 17.7 Å². The van der Waals surface area contributed by atoms with Gasteiger partial charge in [-0.1, -0.05) is 31.5 Å². The van der Waals surface area contributed by atoms with E-state index in [9.17, 15) is 14.0 Å². The molecular weight excluding hydrogens is 489 g/mol. The molecule has 0 spiro atoms. The highest BCUT2D eigenvalue weighted by atomic mass is 35.5. The number of Topliss-reactive ketones (excluding diaryl/α,β-unsaturated/α-hetero) is 1. The molecule has 1 saturated heterocycles. The second kappa shape index (κ2) is 12.7. The highest BCUT2D eigenvalue weighted by molar-refractivity contribution is 7.81. The fourth-order valence-electron chi connectivity index (χ4n) is 4.31. The molecule has 4 rings (SSSR count). The molecule has 2 fully saturated rings. The Morgan fingerprint density at radius 1 is 1.26 bits per heavy atom. The first kappa shape index (κ1) is 27.4. The van der Waals surface area contributed by atoms with Crippen molar-refractivity contribution in [1.82, 2.24) is 14.7 Å². The van der Waals surface area contributed by atoms with E-state index in [0.717, 1.165) is 37.7 Å². The number of thiol groups is 1. The molecule has 0 amide bonds. The number of aromatic nitrogens is 2. The van der Waals surface area contributed by atoms with Crippen LogP contribution >= 0.6 is 25.0 Å². The number of benzene rings is 1. The van der Waals surface area contributed by atoms with Crippen LogP contribution in [0.4, 0.5) is 4.39 Å². The van der Waals surface area contributed by atoms with Gasteiger partial charge in [0.25, 0.3) is 0 Å². The third-order valence-corrected chi connectivity index (χ3v) is 6.95. The van der Waals surface area contributed by atoms with Gasteiger partial charge in [-0.15, -0.1) is 12.4 Å². The number of hydrogen-bond donors (Lipinski definition) is 1. The average Bonchev–Trinajstić information content (AvgIpc) is 3.58. The van der Waals surface area contributed by atoms with E-state index in [0.29, 0.717) is 31.0 Å². The van der Waals surface area contributed by atoms with Crippen molar-refractivity contribution in [3.8, 4) is 0 Å². The molecule has 2 atom stereocenters. The van der Waals surface area contributed by atoms with Crippen LogP contribution in [0.3, 0.4) is 0 Å². The summed E-state index contributed by atoms with van der Waals surface area (Å²) in [5, 5.41) is 4.51. The lowest BCUT2D eigenvalue weighted by Gasteiger charge is -2.37. The molecule has 2 aliphatic rings. The molecule has 1 aromatic heterocycles. The smallest absolute Gasteiger partial charge is 0.327 e. The molecule has 2 unspecified atom stereocenters. The molecule has 6 nitrogen and oxygen atoms in total. The summed E-state index contributed by atoms with van der Waals surface area (Å²) in [7, 11) is 0. The first-order valence-corrected chi connectivity index (χ1v) is 12.6. The molecule has 190 valence electrons. The van der Waals surface area contributed by atoms with Crippen molar-refractivity contribution in [2.24, 2.45) is 5.92 Å². The fourth-order valence-corrected chi connectivity index (χ4v) is 4.58. The van der Waals surface area contributed by atoms with Gasteiger partial charge in [0, 0.05) is 36.0 Å². The van der Waals surface area contributed by atoms with Crippen molar-refractivity contribution in [3.63, 3.8) is 0 Å². The lowest BCUT2D eigenvalue weighted by molar-refractivity contribution is -0.144. The van der Waals surface area contributed by atoms with Crippen LogP contribution < -0.4 is 0 Å². The Morgan fingerprint density at radius 3 is 2.74 bits per heavy atom. The maximum Gasteiger partial charge on any atom is 0.327 e. The van der Waals surface area contributed by atoms with Crippen LogP contribution in [0, 0.1) is 11.7 Å². The number of piperidine rings is 1. The van der Waals surface area contributed by atoms with E-state index in [4.69, 9.17) is 17.4 Å². The van der Waals surface area contributed by atoms with Gasteiger partial charge in [0.2, 0.25) is 0 Å². The summed E-state index contributed by atoms with van der Waals surface area (Å²) >= 11 is 4.76. The zero-order valence-electron chi connectivity index (χ0n) is 19.9. The maximum absolute atomic E-state index is 14.7. The van der Waals surface area contributed by atoms with Crippen molar-refractivity contribution >= 4 is 42.9 Å². The molecule has 35 heavy (non-hydrogen) atoms. The Balaban J connectivity index is 0.00000342. The summed E-state index contributed by atoms with van der Waals surface area (Å²) in [6.07, 6.45) is 8.05. The second-order valence-electron chi connectivity index (χ2n) is 9.11. The van der Waals surface area contributed by atoms with E-state index >= 15 is 0 Å². The van der Waals surface area contributed by atoms with Crippen molar-refractivity contribution in [1.29, 1.82) is 0 Å². The van der Waals surface area contributed by atoms with Crippen LogP contribution in [0.1, 0.15) is 56.3 Å². The van der Waals surface area contributed by atoms with Gasteiger partial charge in [0.1, 0.15) is 12.4 Å². The Kier molecular flexibility index (Phi) is 9.95. The minimum Gasteiger partial charge on any atom is -0.464 e. The number of halogens is 2. The zero-order valence-corrected chi connectivity index (χ0v) is 21.6. The van der Waals surface area contributed by atoms with Gasteiger partial charge in [-0.25, -0.2) is 4.39 Å². The summed E-state index contributed by atoms with van der Waals surface area (Å²) in [5.41, 5.74) is 2.19. The zero-order chi connectivity index (χ0) is 24.1. The van der Waals surface area contributed by atoms with Crippen LogP contribution in [-0.2, 0) is 20.9 Å². The molecular formula is C26H33ClFN3O3S. The highest BCUT2D eigenvalue weighted by Crippen LogP contribution is 2.39. The van der Waals surface area contributed by atoms with Crippen molar-refractivity contribution in [2.75, 3.05) is 19.7 Å². The number of unbranched alkanes of at least 4 members (excludes halogenated alkanes) is 1. The Morgan fingerprint density at radius 2 is 2.03 bits per heavy atom. The van der Waals surface area contributed by atoms with Crippen LogP contribution in [-0.4, -0.2) is 51.4 Å². The lowest BCUT2D eigenvalue weighted by Crippen LogP contribution is -2.42. The average molecular weight is 522 g/mol. The topological polar surface area (TPSA) is 64.4 Å². The molecule has 1 aliphatic heterocycles. The van der Waals surface area contributed by atoms with Crippen molar-refractivity contribution in [3.05, 3.63) is 59.2 Å². The van der Waals surface area contributed by atoms with Gasteiger partial charge >= 0.3 is 5.97 Å². The van der Waals surface area contributed by atoms with Gasteiger partial charge in [-0.05, 0) is 49.5 Å². The maximum atomic E-state index is 14.7. The number of ketones is 1. The molecule has 2 aromatic rings. The molecule has 0 radical (unpaired) electrons.